The van der Waals surface area contributed by atoms with Crippen LogP contribution in [0.4, 0.5) is 11.4 Å². The summed E-state index contributed by atoms with van der Waals surface area (Å²) < 4.78 is 10.9. The first-order valence-electron chi connectivity index (χ1n) is 11.2. The minimum absolute atomic E-state index is 0.143. The van der Waals surface area contributed by atoms with Crippen molar-refractivity contribution in [2.24, 2.45) is 0 Å². The molecule has 33 heavy (non-hydrogen) atoms. The highest BCUT2D eigenvalue weighted by atomic mass is 16.5. The van der Waals surface area contributed by atoms with Crippen molar-refractivity contribution in [1.29, 1.82) is 0 Å². The lowest BCUT2D eigenvalue weighted by atomic mass is 10.1. The number of carbonyl (C=O) groups excluding carboxylic acids is 1. The summed E-state index contributed by atoms with van der Waals surface area (Å²) in [4.78, 5) is 17.5. The number of hydrogen-bond donors (Lipinski definition) is 1. The molecular formula is C27H31N3O3. The van der Waals surface area contributed by atoms with E-state index in [-0.39, 0.29) is 5.91 Å². The molecule has 0 spiro atoms. The lowest BCUT2D eigenvalue weighted by molar-refractivity contribution is 0.102. The first-order valence-corrected chi connectivity index (χ1v) is 11.2. The molecule has 3 aromatic rings. The Labute approximate surface area is 195 Å². The molecule has 0 radical (unpaired) electrons. The number of hydrogen-bond acceptors (Lipinski definition) is 5. The van der Waals surface area contributed by atoms with Gasteiger partial charge in [0.1, 0.15) is 11.5 Å². The first kappa shape index (κ1) is 22.7. The number of amides is 1. The summed E-state index contributed by atoms with van der Waals surface area (Å²) in [7, 11) is 3.32. The molecule has 0 bridgehead atoms. The number of aryl methyl sites for hydroxylation is 1. The van der Waals surface area contributed by atoms with Gasteiger partial charge < -0.3 is 19.7 Å². The van der Waals surface area contributed by atoms with Crippen molar-refractivity contribution in [3.63, 3.8) is 0 Å². The van der Waals surface area contributed by atoms with Gasteiger partial charge in [-0.1, -0.05) is 30.3 Å². The lowest BCUT2D eigenvalue weighted by Gasteiger charge is -2.36. The van der Waals surface area contributed by atoms with Crippen LogP contribution in [-0.2, 0) is 6.54 Å². The average molecular weight is 446 g/mol. The zero-order valence-corrected chi connectivity index (χ0v) is 19.5. The van der Waals surface area contributed by atoms with Gasteiger partial charge in [0.05, 0.1) is 25.6 Å². The lowest BCUT2D eigenvalue weighted by Crippen LogP contribution is -2.46. The molecule has 1 N–H and O–H groups in total. The van der Waals surface area contributed by atoms with E-state index >= 15 is 0 Å². The van der Waals surface area contributed by atoms with Crippen LogP contribution >= 0.6 is 0 Å². The third-order valence-corrected chi connectivity index (χ3v) is 6.02. The number of methoxy groups -OCH3 is 2. The van der Waals surface area contributed by atoms with Gasteiger partial charge in [-0.25, -0.2) is 0 Å². The van der Waals surface area contributed by atoms with Crippen molar-refractivity contribution in [3.8, 4) is 11.5 Å². The van der Waals surface area contributed by atoms with Crippen LogP contribution in [0.3, 0.4) is 0 Å². The molecule has 6 nitrogen and oxygen atoms in total. The molecule has 0 aliphatic carbocycles. The molecule has 1 aliphatic rings. The van der Waals surface area contributed by atoms with Gasteiger partial charge in [0, 0.05) is 38.3 Å². The summed E-state index contributed by atoms with van der Waals surface area (Å²) >= 11 is 0. The van der Waals surface area contributed by atoms with Crippen LogP contribution in [0.5, 0.6) is 11.5 Å². The van der Waals surface area contributed by atoms with E-state index in [9.17, 15) is 4.79 Å². The van der Waals surface area contributed by atoms with Crippen molar-refractivity contribution < 1.29 is 14.3 Å². The third-order valence-electron chi connectivity index (χ3n) is 6.02. The van der Waals surface area contributed by atoms with Crippen LogP contribution in [0.25, 0.3) is 0 Å². The van der Waals surface area contributed by atoms with E-state index in [0.29, 0.717) is 17.0 Å². The summed E-state index contributed by atoms with van der Waals surface area (Å²) in [5.74, 6) is 1.43. The average Bonchev–Trinajstić information content (AvgIpc) is 2.85. The Morgan fingerprint density at radius 1 is 0.879 bits per heavy atom. The molecule has 6 heteroatoms. The van der Waals surface area contributed by atoms with Crippen LogP contribution in [0, 0.1) is 6.92 Å². The molecule has 3 aromatic carbocycles. The summed E-state index contributed by atoms with van der Waals surface area (Å²) in [6.45, 7) is 6.73. The van der Waals surface area contributed by atoms with Gasteiger partial charge >= 0.3 is 0 Å². The Bertz CT molecular complexity index is 1090. The highest BCUT2D eigenvalue weighted by molar-refractivity contribution is 6.05. The second kappa shape index (κ2) is 10.4. The van der Waals surface area contributed by atoms with Crippen LogP contribution in [0.1, 0.15) is 21.5 Å². The zero-order valence-electron chi connectivity index (χ0n) is 19.5. The SMILES string of the molecule is COc1ccc(C)cc1NC(=O)c1ccc(CN2CCN(c3ccccc3OC)CC2)cc1. The summed E-state index contributed by atoms with van der Waals surface area (Å²) in [5.41, 5.74) is 4.72. The molecule has 172 valence electrons. The quantitative estimate of drug-likeness (QED) is 0.577. The van der Waals surface area contributed by atoms with Crippen LogP contribution < -0.4 is 19.7 Å². The number of rotatable bonds is 7. The van der Waals surface area contributed by atoms with E-state index in [2.05, 4.69) is 27.2 Å². The van der Waals surface area contributed by atoms with Crippen LogP contribution in [0.2, 0.25) is 0 Å². The second-order valence-corrected chi connectivity index (χ2v) is 8.29. The maximum absolute atomic E-state index is 12.7. The Balaban J connectivity index is 1.33. The first-order chi connectivity index (χ1) is 16.1. The van der Waals surface area contributed by atoms with Crippen molar-refractivity contribution in [2.45, 2.75) is 13.5 Å². The Hall–Kier alpha value is -3.51. The predicted octanol–water partition coefficient (Wildman–Crippen LogP) is 4.59. The van der Waals surface area contributed by atoms with Crippen LogP contribution in [-0.4, -0.2) is 51.2 Å². The number of anilines is 2. The van der Waals surface area contributed by atoms with E-state index in [1.165, 1.54) is 5.56 Å². The summed E-state index contributed by atoms with van der Waals surface area (Å²) in [5, 5.41) is 2.96. The number of para-hydroxylation sites is 2. The fourth-order valence-electron chi connectivity index (χ4n) is 4.17. The van der Waals surface area contributed by atoms with E-state index in [1.54, 1.807) is 14.2 Å². The molecule has 0 atom stereocenters. The molecule has 1 aliphatic heterocycles. The number of piperazine rings is 1. The highest BCUT2D eigenvalue weighted by Gasteiger charge is 2.19. The fourth-order valence-corrected chi connectivity index (χ4v) is 4.17. The number of nitrogens with zero attached hydrogens (tertiary/aromatic N) is 2. The Kier molecular flexibility index (Phi) is 7.15. The third kappa shape index (κ3) is 5.46. The molecule has 4 rings (SSSR count). The largest absolute Gasteiger partial charge is 0.495 e. The van der Waals surface area contributed by atoms with E-state index in [1.807, 2.05) is 61.5 Å². The fraction of sp³-hybridized carbons (Fsp3) is 0.296. The van der Waals surface area contributed by atoms with Crippen molar-refractivity contribution in [2.75, 3.05) is 50.6 Å². The molecule has 0 unspecified atom stereocenters. The summed E-state index contributed by atoms with van der Waals surface area (Å²) in [6.07, 6.45) is 0. The second-order valence-electron chi connectivity index (χ2n) is 8.29. The van der Waals surface area contributed by atoms with Gasteiger partial charge in [-0.05, 0) is 54.4 Å². The molecule has 1 heterocycles. The van der Waals surface area contributed by atoms with E-state index in [0.717, 1.165) is 49.7 Å². The number of nitrogens with one attached hydrogen (secondary N) is 1. The number of ether oxygens (including phenoxy) is 2. The Morgan fingerprint density at radius 3 is 2.27 bits per heavy atom. The number of carbonyl (C=O) groups is 1. The minimum atomic E-state index is -0.143. The topological polar surface area (TPSA) is 54.0 Å². The van der Waals surface area contributed by atoms with Crippen molar-refractivity contribution in [3.05, 3.63) is 83.4 Å². The minimum Gasteiger partial charge on any atom is -0.495 e. The normalized spacial score (nSPS) is 14.1. The predicted molar refractivity (Wildman–Crippen MR) is 133 cm³/mol. The molecule has 0 saturated carbocycles. The maximum Gasteiger partial charge on any atom is 0.255 e. The van der Waals surface area contributed by atoms with Gasteiger partial charge in [0.15, 0.2) is 0 Å². The molecule has 1 amide bonds. The maximum atomic E-state index is 12.7. The van der Waals surface area contributed by atoms with Crippen molar-refractivity contribution in [1.82, 2.24) is 4.90 Å². The molecular weight excluding hydrogens is 414 g/mol. The van der Waals surface area contributed by atoms with Crippen molar-refractivity contribution >= 4 is 17.3 Å². The summed E-state index contributed by atoms with van der Waals surface area (Å²) in [6, 6.07) is 21.8. The molecule has 1 saturated heterocycles. The van der Waals surface area contributed by atoms with E-state index in [4.69, 9.17) is 9.47 Å². The van der Waals surface area contributed by atoms with Crippen LogP contribution in [0.15, 0.2) is 66.7 Å². The molecule has 1 fully saturated rings. The van der Waals surface area contributed by atoms with Gasteiger partial charge in [0.25, 0.3) is 5.91 Å². The standard InChI is InChI=1S/C27H31N3O3/c1-20-8-13-25(32-2)23(18-20)28-27(31)22-11-9-21(10-12-22)19-29-14-16-30(17-15-29)24-6-4-5-7-26(24)33-3/h4-13,18H,14-17,19H2,1-3H3,(H,28,31). The zero-order chi connectivity index (χ0) is 23.2. The molecule has 0 aromatic heterocycles. The smallest absolute Gasteiger partial charge is 0.255 e. The van der Waals surface area contributed by atoms with Gasteiger partial charge in [-0.3, -0.25) is 9.69 Å². The van der Waals surface area contributed by atoms with Gasteiger partial charge in [-0.15, -0.1) is 0 Å². The monoisotopic (exact) mass is 445 g/mol. The Morgan fingerprint density at radius 2 is 1.58 bits per heavy atom. The highest BCUT2D eigenvalue weighted by Crippen LogP contribution is 2.29. The van der Waals surface area contributed by atoms with E-state index < -0.39 is 0 Å². The van der Waals surface area contributed by atoms with Gasteiger partial charge in [-0.2, -0.15) is 0 Å². The number of benzene rings is 3. The van der Waals surface area contributed by atoms with Gasteiger partial charge in [0.2, 0.25) is 0 Å².